The van der Waals surface area contributed by atoms with Gasteiger partial charge in [-0.25, -0.2) is 0 Å². The van der Waals surface area contributed by atoms with Gasteiger partial charge in [-0.05, 0) is 29.3 Å². The van der Waals surface area contributed by atoms with E-state index in [1.807, 2.05) is 0 Å². The van der Waals surface area contributed by atoms with Crippen LogP contribution in [0.25, 0.3) is 5.57 Å². The number of benzene rings is 2. The highest BCUT2D eigenvalue weighted by Crippen LogP contribution is 2.35. The summed E-state index contributed by atoms with van der Waals surface area (Å²) in [4.78, 5) is 10.4. The van der Waals surface area contributed by atoms with Crippen molar-refractivity contribution in [2.24, 2.45) is 0 Å². The fraction of sp³-hybridized carbons (Fsp3) is 0. The minimum Gasteiger partial charge on any atom is -0.258 e. The highest BCUT2D eigenvalue weighted by Gasteiger charge is 2.17. The van der Waals surface area contributed by atoms with Crippen LogP contribution < -0.4 is 0 Å². The molecule has 0 bridgehead atoms. The van der Waals surface area contributed by atoms with Gasteiger partial charge in [-0.2, -0.15) is 0 Å². The van der Waals surface area contributed by atoms with Crippen molar-refractivity contribution in [1.82, 2.24) is 0 Å². The molecule has 108 valence electrons. The van der Waals surface area contributed by atoms with Gasteiger partial charge in [0.05, 0.1) is 4.92 Å². The number of hydrogen-bond acceptors (Lipinski definition) is 2. The highest BCUT2D eigenvalue weighted by molar-refractivity contribution is 6.59. The second kappa shape index (κ2) is 6.67. The van der Waals surface area contributed by atoms with Gasteiger partial charge < -0.3 is 0 Å². The summed E-state index contributed by atoms with van der Waals surface area (Å²) in [5.74, 6) is 0. The Bertz CT molecular complexity index is 722. The maximum absolute atomic E-state index is 11.0. The number of nitro benzene ring substituents is 1. The van der Waals surface area contributed by atoms with E-state index in [1.54, 1.807) is 30.3 Å². The predicted molar refractivity (Wildman–Crippen MR) is 87.3 cm³/mol. The largest absolute Gasteiger partial charge is 0.288 e. The molecule has 0 radical (unpaired) electrons. The first-order chi connectivity index (χ1) is 9.90. The highest BCUT2D eigenvalue weighted by atomic mass is 35.5. The zero-order valence-electron chi connectivity index (χ0n) is 10.3. The monoisotopic (exact) mass is 361 g/mol. The van der Waals surface area contributed by atoms with Gasteiger partial charge >= 0.3 is 0 Å². The van der Waals surface area contributed by atoms with Crippen molar-refractivity contribution in [3.05, 3.63) is 78.2 Å². The first kappa shape index (κ1) is 16.1. The van der Waals surface area contributed by atoms with Gasteiger partial charge in [-0.3, -0.25) is 10.1 Å². The molecule has 7 heteroatoms. The summed E-state index contributed by atoms with van der Waals surface area (Å²) in [5.41, 5.74) is 1.44. The molecule has 21 heavy (non-hydrogen) atoms. The molecule has 0 aromatic heterocycles. The second-order valence-corrected chi connectivity index (χ2v) is 5.86. The van der Waals surface area contributed by atoms with Crippen LogP contribution in [0.3, 0.4) is 0 Å². The Balaban J connectivity index is 2.60. The van der Waals surface area contributed by atoms with Crippen LogP contribution in [-0.2, 0) is 0 Å². The van der Waals surface area contributed by atoms with Crippen molar-refractivity contribution >= 4 is 57.7 Å². The van der Waals surface area contributed by atoms with E-state index in [2.05, 4.69) is 0 Å². The summed E-state index contributed by atoms with van der Waals surface area (Å²) >= 11 is 23.5. The Morgan fingerprint density at radius 2 is 1.52 bits per heavy atom. The van der Waals surface area contributed by atoms with Gasteiger partial charge in [0.25, 0.3) is 5.69 Å². The van der Waals surface area contributed by atoms with E-state index in [0.717, 1.165) is 0 Å². The fourth-order valence-electron chi connectivity index (χ4n) is 1.81. The SMILES string of the molecule is O=[N+]([O-])c1cc(C(=C(Cl)Cl)c2ccc(Cl)cc2)ccc1Cl. The van der Waals surface area contributed by atoms with Crippen molar-refractivity contribution in [3.8, 4) is 0 Å². The third-order valence-corrected chi connectivity index (χ3v) is 3.70. The molecular formula is C14H7Cl4NO2. The van der Waals surface area contributed by atoms with Crippen LogP contribution in [-0.4, -0.2) is 4.92 Å². The average Bonchev–Trinajstić information content (AvgIpc) is 2.42. The van der Waals surface area contributed by atoms with Crippen LogP contribution >= 0.6 is 46.4 Å². The number of nitro groups is 1. The lowest BCUT2D eigenvalue weighted by molar-refractivity contribution is -0.384. The number of rotatable bonds is 3. The zero-order valence-corrected chi connectivity index (χ0v) is 13.3. The summed E-state index contributed by atoms with van der Waals surface area (Å²) in [6.45, 7) is 0. The first-order valence-corrected chi connectivity index (χ1v) is 7.17. The van der Waals surface area contributed by atoms with Crippen LogP contribution in [0, 0.1) is 10.1 Å². The van der Waals surface area contributed by atoms with E-state index in [4.69, 9.17) is 46.4 Å². The lowest BCUT2D eigenvalue weighted by atomic mass is 9.99. The third-order valence-electron chi connectivity index (χ3n) is 2.75. The fourth-order valence-corrected chi connectivity index (χ4v) is 2.56. The molecule has 0 heterocycles. The molecular weight excluding hydrogens is 356 g/mol. The normalized spacial score (nSPS) is 10.3. The van der Waals surface area contributed by atoms with Gasteiger partial charge in [-0.1, -0.05) is 64.6 Å². The molecule has 0 fully saturated rings. The number of nitrogens with zero attached hydrogens (tertiary/aromatic N) is 1. The Morgan fingerprint density at radius 3 is 2.05 bits per heavy atom. The Labute approximate surface area is 140 Å². The van der Waals surface area contributed by atoms with Crippen LogP contribution in [0.15, 0.2) is 47.0 Å². The molecule has 3 nitrogen and oxygen atoms in total. The predicted octanol–water partition coefficient (Wildman–Crippen LogP) is 6.10. The quantitative estimate of drug-likeness (QED) is 0.489. The topological polar surface area (TPSA) is 43.1 Å². The summed E-state index contributed by atoms with van der Waals surface area (Å²) in [7, 11) is 0. The lowest BCUT2D eigenvalue weighted by Gasteiger charge is -2.09. The molecule has 0 atom stereocenters. The van der Waals surface area contributed by atoms with Crippen molar-refractivity contribution < 1.29 is 4.92 Å². The van der Waals surface area contributed by atoms with Crippen LogP contribution in [0.4, 0.5) is 5.69 Å². The summed E-state index contributed by atoms with van der Waals surface area (Å²) < 4.78 is -0.00561. The molecule has 0 spiro atoms. The van der Waals surface area contributed by atoms with Crippen molar-refractivity contribution in [3.63, 3.8) is 0 Å². The second-order valence-electron chi connectivity index (χ2n) is 4.07. The molecule has 2 aromatic carbocycles. The Morgan fingerprint density at radius 1 is 0.952 bits per heavy atom. The number of hydrogen-bond donors (Lipinski definition) is 0. The molecule has 2 aromatic rings. The van der Waals surface area contributed by atoms with Crippen LogP contribution in [0.5, 0.6) is 0 Å². The van der Waals surface area contributed by atoms with Crippen LogP contribution in [0.2, 0.25) is 10.0 Å². The molecule has 0 aliphatic carbocycles. The molecule has 0 unspecified atom stereocenters. The lowest BCUT2D eigenvalue weighted by Crippen LogP contribution is -1.94. The molecule has 0 aliphatic rings. The summed E-state index contributed by atoms with van der Waals surface area (Å²) in [6, 6.07) is 11.2. The van der Waals surface area contributed by atoms with E-state index in [-0.39, 0.29) is 15.2 Å². The molecule has 0 saturated heterocycles. The van der Waals surface area contributed by atoms with Crippen molar-refractivity contribution in [1.29, 1.82) is 0 Å². The van der Waals surface area contributed by atoms with Crippen LogP contribution in [0.1, 0.15) is 11.1 Å². The van der Waals surface area contributed by atoms with E-state index in [1.165, 1.54) is 12.1 Å². The molecule has 2 rings (SSSR count). The smallest absolute Gasteiger partial charge is 0.258 e. The van der Waals surface area contributed by atoms with E-state index >= 15 is 0 Å². The van der Waals surface area contributed by atoms with Gasteiger partial charge in [-0.15, -0.1) is 0 Å². The van der Waals surface area contributed by atoms with Gasteiger partial charge in [0, 0.05) is 16.7 Å². The molecule has 0 N–H and O–H groups in total. The zero-order chi connectivity index (χ0) is 15.6. The maximum Gasteiger partial charge on any atom is 0.288 e. The maximum atomic E-state index is 11.0. The first-order valence-electron chi connectivity index (χ1n) is 5.65. The summed E-state index contributed by atoms with van der Waals surface area (Å²) in [5, 5.41) is 11.6. The van der Waals surface area contributed by atoms with Crippen molar-refractivity contribution in [2.75, 3.05) is 0 Å². The van der Waals surface area contributed by atoms with E-state index in [9.17, 15) is 10.1 Å². The summed E-state index contributed by atoms with van der Waals surface area (Å²) in [6.07, 6.45) is 0. The van der Waals surface area contributed by atoms with Crippen molar-refractivity contribution in [2.45, 2.75) is 0 Å². The minimum atomic E-state index is -0.562. The van der Waals surface area contributed by atoms with E-state index < -0.39 is 4.92 Å². The van der Waals surface area contributed by atoms with Gasteiger partial charge in [0.15, 0.2) is 0 Å². The van der Waals surface area contributed by atoms with Gasteiger partial charge in [0.1, 0.15) is 9.51 Å². The third kappa shape index (κ3) is 3.69. The Hall–Kier alpha value is -1.26. The average molecular weight is 363 g/mol. The Kier molecular flexibility index (Phi) is 5.12. The van der Waals surface area contributed by atoms with Gasteiger partial charge in [0.2, 0.25) is 0 Å². The number of halogens is 4. The standard InChI is InChI=1S/C14H7Cl4NO2/c15-10-4-1-8(2-5-10)13(14(17)18)9-3-6-11(16)12(7-9)19(20)21/h1-7H. The molecule has 0 amide bonds. The minimum absolute atomic E-state index is 0.00561. The molecule has 0 aliphatic heterocycles. The van der Waals surface area contributed by atoms with E-state index in [0.29, 0.717) is 21.7 Å². The molecule has 0 saturated carbocycles.